The number of carbonyl (C=O) groups excluding carboxylic acids is 1. The average Bonchev–Trinajstić information content (AvgIpc) is 2.99. The zero-order valence-corrected chi connectivity index (χ0v) is 12.3. The first-order chi connectivity index (χ1) is 10.8. The van der Waals surface area contributed by atoms with Crippen LogP contribution in [0.4, 0.5) is 0 Å². The van der Waals surface area contributed by atoms with Crippen molar-refractivity contribution in [3.8, 4) is 16.9 Å². The zero-order chi connectivity index (χ0) is 15.4. The molecule has 3 rings (SSSR count). The maximum absolute atomic E-state index is 11.5. The first-order valence-electron chi connectivity index (χ1n) is 7.02. The van der Waals surface area contributed by atoms with Gasteiger partial charge in [0, 0.05) is 18.8 Å². The number of rotatable bonds is 5. The number of ether oxygens (including phenoxy) is 1. The lowest BCUT2D eigenvalue weighted by Gasteiger charge is -2.11. The maximum atomic E-state index is 11.5. The third kappa shape index (κ3) is 2.91. The van der Waals surface area contributed by atoms with Crippen LogP contribution in [0.15, 0.2) is 60.9 Å². The monoisotopic (exact) mass is 292 g/mol. The highest BCUT2D eigenvalue weighted by Crippen LogP contribution is 2.29. The number of benzene rings is 2. The van der Waals surface area contributed by atoms with E-state index in [2.05, 4.69) is 5.10 Å². The van der Waals surface area contributed by atoms with Crippen LogP contribution < -0.4 is 4.74 Å². The highest BCUT2D eigenvalue weighted by atomic mass is 16.5. The molecule has 0 radical (unpaired) electrons. The minimum absolute atomic E-state index is 0.429. The lowest BCUT2D eigenvalue weighted by molar-refractivity contribution is 0.111. The number of nitrogens with zero attached hydrogens (tertiary/aromatic N) is 2. The van der Waals surface area contributed by atoms with E-state index in [1.165, 1.54) is 0 Å². The molecule has 1 heterocycles. The number of hydrogen-bond acceptors (Lipinski definition) is 3. The first-order valence-corrected chi connectivity index (χ1v) is 7.02. The van der Waals surface area contributed by atoms with E-state index in [1.807, 2.05) is 61.8 Å². The Morgan fingerprint density at radius 2 is 1.95 bits per heavy atom. The molecule has 0 saturated carbocycles. The van der Waals surface area contributed by atoms with Crippen LogP contribution in [-0.4, -0.2) is 16.1 Å². The maximum Gasteiger partial charge on any atom is 0.154 e. The quantitative estimate of drug-likeness (QED) is 0.676. The lowest BCUT2D eigenvalue weighted by Crippen LogP contribution is -1.99. The van der Waals surface area contributed by atoms with Crippen molar-refractivity contribution in [1.82, 2.24) is 9.78 Å². The van der Waals surface area contributed by atoms with Gasteiger partial charge in [-0.2, -0.15) is 5.10 Å². The zero-order valence-electron chi connectivity index (χ0n) is 12.3. The van der Waals surface area contributed by atoms with Gasteiger partial charge in [-0.3, -0.25) is 9.48 Å². The van der Waals surface area contributed by atoms with Gasteiger partial charge in [0.2, 0.25) is 0 Å². The smallest absolute Gasteiger partial charge is 0.154 e. The normalized spacial score (nSPS) is 10.4. The van der Waals surface area contributed by atoms with Gasteiger partial charge in [-0.1, -0.05) is 42.5 Å². The van der Waals surface area contributed by atoms with Gasteiger partial charge >= 0.3 is 0 Å². The number of aromatic nitrogens is 2. The van der Waals surface area contributed by atoms with Crippen LogP contribution in [0.1, 0.15) is 15.9 Å². The van der Waals surface area contributed by atoms with E-state index >= 15 is 0 Å². The van der Waals surface area contributed by atoms with Crippen molar-refractivity contribution >= 4 is 6.29 Å². The minimum atomic E-state index is 0.429. The number of aldehydes is 1. The SMILES string of the molecule is Cn1cc(-c2cccc(OCc3ccccc3)c2C=O)cn1. The molecule has 4 heteroatoms. The van der Waals surface area contributed by atoms with Crippen LogP contribution in [0.5, 0.6) is 5.75 Å². The Bertz CT molecular complexity index is 779. The first kappa shape index (κ1) is 14.1. The Morgan fingerprint density at radius 3 is 2.64 bits per heavy atom. The van der Waals surface area contributed by atoms with E-state index in [1.54, 1.807) is 10.9 Å². The van der Waals surface area contributed by atoms with Gasteiger partial charge in [0.15, 0.2) is 6.29 Å². The molecular weight excluding hydrogens is 276 g/mol. The van der Waals surface area contributed by atoms with Crippen molar-refractivity contribution in [3.63, 3.8) is 0 Å². The highest BCUT2D eigenvalue weighted by molar-refractivity contribution is 5.90. The van der Waals surface area contributed by atoms with Crippen molar-refractivity contribution in [3.05, 3.63) is 72.1 Å². The van der Waals surface area contributed by atoms with Gasteiger partial charge < -0.3 is 4.74 Å². The largest absolute Gasteiger partial charge is 0.488 e. The van der Waals surface area contributed by atoms with Crippen LogP contribution in [0.2, 0.25) is 0 Å². The van der Waals surface area contributed by atoms with Gasteiger partial charge in [0.25, 0.3) is 0 Å². The Kier molecular flexibility index (Phi) is 4.01. The summed E-state index contributed by atoms with van der Waals surface area (Å²) in [5.41, 5.74) is 3.33. The second kappa shape index (κ2) is 6.26. The van der Waals surface area contributed by atoms with E-state index in [9.17, 15) is 4.79 Å². The van der Waals surface area contributed by atoms with Crippen molar-refractivity contribution in [1.29, 1.82) is 0 Å². The average molecular weight is 292 g/mol. The summed E-state index contributed by atoms with van der Waals surface area (Å²) < 4.78 is 7.53. The number of hydrogen-bond donors (Lipinski definition) is 0. The third-order valence-electron chi connectivity index (χ3n) is 3.44. The molecule has 0 fully saturated rings. The predicted molar refractivity (Wildman–Crippen MR) is 84.8 cm³/mol. The molecule has 110 valence electrons. The summed E-state index contributed by atoms with van der Waals surface area (Å²) in [5, 5.41) is 4.15. The molecule has 0 aliphatic carbocycles. The molecule has 0 spiro atoms. The summed E-state index contributed by atoms with van der Waals surface area (Å²) in [5.74, 6) is 0.584. The summed E-state index contributed by atoms with van der Waals surface area (Å²) in [6.45, 7) is 0.429. The number of carbonyl (C=O) groups is 1. The van der Waals surface area contributed by atoms with Crippen LogP contribution in [-0.2, 0) is 13.7 Å². The number of aryl methyl sites for hydroxylation is 1. The van der Waals surface area contributed by atoms with E-state index in [0.717, 1.165) is 23.0 Å². The minimum Gasteiger partial charge on any atom is -0.488 e. The molecule has 2 aromatic carbocycles. The predicted octanol–water partition coefficient (Wildman–Crippen LogP) is 3.48. The third-order valence-corrected chi connectivity index (χ3v) is 3.44. The van der Waals surface area contributed by atoms with Crippen LogP contribution in [0, 0.1) is 0 Å². The standard InChI is InChI=1S/C18H16N2O2/c1-20-11-15(10-19-20)16-8-5-9-18(17(16)12-21)22-13-14-6-3-2-4-7-14/h2-12H,13H2,1H3. The summed E-state index contributed by atoms with van der Waals surface area (Å²) in [7, 11) is 1.85. The van der Waals surface area contributed by atoms with E-state index in [4.69, 9.17) is 4.74 Å². The van der Waals surface area contributed by atoms with Crippen molar-refractivity contribution in [2.75, 3.05) is 0 Å². The summed E-state index contributed by atoms with van der Waals surface area (Å²) in [4.78, 5) is 11.5. The van der Waals surface area contributed by atoms with Gasteiger partial charge in [-0.25, -0.2) is 0 Å². The van der Waals surface area contributed by atoms with Gasteiger partial charge in [-0.05, 0) is 17.2 Å². The van der Waals surface area contributed by atoms with Crippen molar-refractivity contribution in [2.24, 2.45) is 7.05 Å². The lowest BCUT2D eigenvalue weighted by atomic mass is 10.0. The van der Waals surface area contributed by atoms with Crippen LogP contribution >= 0.6 is 0 Å². The Hall–Kier alpha value is -2.88. The molecule has 3 aromatic rings. The molecule has 0 amide bonds. The van der Waals surface area contributed by atoms with E-state index in [-0.39, 0.29) is 0 Å². The van der Waals surface area contributed by atoms with Crippen LogP contribution in [0.3, 0.4) is 0 Å². The van der Waals surface area contributed by atoms with Crippen LogP contribution in [0.25, 0.3) is 11.1 Å². The van der Waals surface area contributed by atoms with Crippen molar-refractivity contribution in [2.45, 2.75) is 6.61 Å². The van der Waals surface area contributed by atoms with Gasteiger partial charge in [-0.15, -0.1) is 0 Å². The second-order valence-electron chi connectivity index (χ2n) is 5.01. The highest BCUT2D eigenvalue weighted by Gasteiger charge is 2.12. The van der Waals surface area contributed by atoms with Crippen molar-refractivity contribution < 1.29 is 9.53 Å². The van der Waals surface area contributed by atoms with E-state index in [0.29, 0.717) is 17.9 Å². The molecule has 0 unspecified atom stereocenters. The molecule has 0 saturated heterocycles. The topological polar surface area (TPSA) is 44.1 Å². The molecule has 1 aromatic heterocycles. The molecule has 0 atom stereocenters. The molecule has 4 nitrogen and oxygen atoms in total. The molecular formula is C18H16N2O2. The summed E-state index contributed by atoms with van der Waals surface area (Å²) in [6.07, 6.45) is 4.45. The Labute approximate surface area is 129 Å². The Balaban J connectivity index is 1.90. The molecule has 0 aliphatic rings. The molecule has 0 bridgehead atoms. The van der Waals surface area contributed by atoms with Gasteiger partial charge in [0.1, 0.15) is 12.4 Å². The molecule has 0 N–H and O–H groups in total. The molecule has 22 heavy (non-hydrogen) atoms. The fourth-order valence-electron chi connectivity index (χ4n) is 2.34. The fourth-order valence-corrected chi connectivity index (χ4v) is 2.34. The fraction of sp³-hybridized carbons (Fsp3) is 0.111. The summed E-state index contributed by atoms with van der Waals surface area (Å²) >= 11 is 0. The van der Waals surface area contributed by atoms with Gasteiger partial charge in [0.05, 0.1) is 11.8 Å². The summed E-state index contributed by atoms with van der Waals surface area (Å²) in [6, 6.07) is 15.5. The molecule has 0 aliphatic heterocycles. The van der Waals surface area contributed by atoms with E-state index < -0.39 is 0 Å². The second-order valence-corrected chi connectivity index (χ2v) is 5.01. The Morgan fingerprint density at radius 1 is 1.14 bits per heavy atom.